The first-order chi connectivity index (χ1) is 10.1. The molecule has 0 amide bonds. The second kappa shape index (κ2) is 9.32. The van der Waals surface area contributed by atoms with E-state index in [0.29, 0.717) is 12.5 Å². The van der Waals surface area contributed by atoms with Gasteiger partial charge in [0.2, 0.25) is 0 Å². The van der Waals surface area contributed by atoms with E-state index in [1.54, 1.807) is 0 Å². The topological polar surface area (TPSA) is 54.1 Å². The number of halogens is 1. The van der Waals surface area contributed by atoms with E-state index in [4.69, 9.17) is 10.5 Å². The van der Waals surface area contributed by atoms with Crippen LogP contribution in [-0.2, 0) is 4.74 Å². The van der Waals surface area contributed by atoms with Crippen LogP contribution < -0.4 is 5.73 Å². The second-order valence-electron chi connectivity index (χ2n) is 5.69. The lowest BCUT2D eigenvalue weighted by Crippen LogP contribution is -2.45. The highest BCUT2D eigenvalue weighted by Crippen LogP contribution is 2.19. The predicted octanol–water partition coefficient (Wildman–Crippen LogP) is 1.86. The monoisotopic (exact) mass is 418 g/mol. The highest BCUT2D eigenvalue weighted by atomic mass is 127. The number of morpholine rings is 1. The number of nitrogens with two attached hydrogens (primary N) is 1. The van der Waals surface area contributed by atoms with Crippen LogP contribution in [-0.4, -0.2) is 62.7 Å². The van der Waals surface area contributed by atoms with E-state index in [1.807, 2.05) is 0 Å². The van der Waals surface area contributed by atoms with Crippen LogP contribution in [0.1, 0.15) is 17.2 Å². The average molecular weight is 418 g/mol. The predicted molar refractivity (Wildman–Crippen MR) is 102 cm³/mol. The van der Waals surface area contributed by atoms with E-state index >= 15 is 0 Å². The fraction of sp³-hybridized carbons (Fsp3) is 0.562. The largest absolute Gasteiger partial charge is 0.378 e. The molecule has 0 bridgehead atoms. The molecule has 2 N–H and O–H groups in total. The lowest BCUT2D eigenvalue weighted by molar-refractivity contribution is 0.0673. The molecule has 0 aromatic heterocycles. The van der Waals surface area contributed by atoms with Crippen molar-refractivity contribution >= 4 is 29.9 Å². The molecule has 1 aliphatic rings. The van der Waals surface area contributed by atoms with E-state index in [2.05, 4.69) is 60.1 Å². The van der Waals surface area contributed by atoms with Gasteiger partial charge in [-0.1, -0.05) is 29.8 Å². The Hall–Kier alpha value is -0.860. The van der Waals surface area contributed by atoms with Gasteiger partial charge in [0, 0.05) is 13.1 Å². The molecule has 22 heavy (non-hydrogen) atoms. The quantitative estimate of drug-likeness (QED) is 0.461. The molecule has 1 heterocycles. The number of likely N-dealkylation sites (N-methyl/N-ethyl adjacent to an activating group) is 1. The molecular weight excluding hydrogens is 391 g/mol. The third-order valence-corrected chi connectivity index (χ3v) is 3.85. The number of hydrogen-bond donors (Lipinski definition) is 1. The third-order valence-electron chi connectivity index (χ3n) is 3.85. The molecule has 5 nitrogen and oxygen atoms in total. The minimum absolute atomic E-state index is 0. The van der Waals surface area contributed by atoms with Crippen molar-refractivity contribution in [2.45, 2.75) is 13.0 Å². The zero-order valence-electron chi connectivity index (χ0n) is 13.7. The van der Waals surface area contributed by atoms with E-state index in [9.17, 15) is 0 Å². The van der Waals surface area contributed by atoms with Crippen molar-refractivity contribution in [3.63, 3.8) is 0 Å². The van der Waals surface area contributed by atoms with Crippen LogP contribution in [0.15, 0.2) is 29.3 Å². The van der Waals surface area contributed by atoms with Gasteiger partial charge >= 0.3 is 0 Å². The zero-order chi connectivity index (χ0) is 15.2. The Bertz CT molecular complexity index is 470. The number of hydrogen-bond acceptors (Lipinski definition) is 3. The molecule has 6 heteroatoms. The van der Waals surface area contributed by atoms with Crippen molar-refractivity contribution < 1.29 is 4.74 Å². The molecule has 1 aromatic carbocycles. The summed E-state index contributed by atoms with van der Waals surface area (Å²) in [5, 5.41) is 0. The molecule has 124 valence electrons. The Kier molecular flexibility index (Phi) is 8.13. The first-order valence-corrected chi connectivity index (χ1v) is 7.43. The first kappa shape index (κ1) is 19.2. The van der Waals surface area contributed by atoms with Gasteiger partial charge in [0.1, 0.15) is 0 Å². The van der Waals surface area contributed by atoms with Gasteiger partial charge in [0.15, 0.2) is 5.96 Å². The number of guanidine groups is 1. The van der Waals surface area contributed by atoms with Crippen LogP contribution in [0, 0.1) is 6.92 Å². The smallest absolute Gasteiger partial charge is 0.191 e. The summed E-state index contributed by atoms with van der Waals surface area (Å²) >= 11 is 0. The first-order valence-electron chi connectivity index (χ1n) is 7.43. The zero-order valence-corrected chi connectivity index (χ0v) is 16.0. The van der Waals surface area contributed by atoms with Crippen LogP contribution in [0.25, 0.3) is 0 Å². The Morgan fingerprint density at radius 3 is 2.41 bits per heavy atom. The number of ether oxygens (including phenoxy) is 1. The van der Waals surface area contributed by atoms with E-state index in [-0.39, 0.29) is 30.0 Å². The minimum atomic E-state index is 0. The Morgan fingerprint density at radius 1 is 1.27 bits per heavy atom. The van der Waals surface area contributed by atoms with Crippen LogP contribution >= 0.6 is 24.0 Å². The van der Waals surface area contributed by atoms with Crippen molar-refractivity contribution in [3.8, 4) is 0 Å². The number of benzene rings is 1. The maximum Gasteiger partial charge on any atom is 0.191 e. The average Bonchev–Trinajstić information content (AvgIpc) is 2.49. The Balaban J connectivity index is 0.00000242. The summed E-state index contributed by atoms with van der Waals surface area (Å²) in [6, 6.07) is 8.85. The lowest BCUT2D eigenvalue weighted by atomic mass is 10.0. The summed E-state index contributed by atoms with van der Waals surface area (Å²) in [4.78, 5) is 8.86. The van der Waals surface area contributed by atoms with Gasteiger partial charge in [-0.3, -0.25) is 4.99 Å². The summed E-state index contributed by atoms with van der Waals surface area (Å²) in [7, 11) is 4.15. The molecule has 1 fully saturated rings. The highest BCUT2D eigenvalue weighted by Gasteiger charge is 2.16. The minimum Gasteiger partial charge on any atom is -0.378 e. The second-order valence-corrected chi connectivity index (χ2v) is 5.69. The van der Waals surface area contributed by atoms with Crippen molar-refractivity contribution in [3.05, 3.63) is 35.4 Å². The normalized spacial score (nSPS) is 17.3. The molecule has 0 spiro atoms. The van der Waals surface area contributed by atoms with Gasteiger partial charge in [0.05, 0.1) is 25.8 Å². The van der Waals surface area contributed by atoms with Crippen LogP contribution in [0.5, 0.6) is 0 Å². The van der Waals surface area contributed by atoms with Gasteiger partial charge in [0.25, 0.3) is 0 Å². The van der Waals surface area contributed by atoms with Crippen molar-refractivity contribution in [1.29, 1.82) is 0 Å². The van der Waals surface area contributed by atoms with Crippen molar-refractivity contribution in [2.75, 3.05) is 46.9 Å². The van der Waals surface area contributed by atoms with Crippen molar-refractivity contribution in [2.24, 2.45) is 10.7 Å². The SMILES string of the molecule is Cc1ccc(C(CN=C(N)N2CCOCC2)N(C)C)cc1.I. The Morgan fingerprint density at radius 2 is 1.86 bits per heavy atom. The van der Waals surface area contributed by atoms with Gasteiger partial charge in [-0.15, -0.1) is 24.0 Å². The number of rotatable bonds is 4. The van der Waals surface area contributed by atoms with Crippen LogP contribution in [0.2, 0.25) is 0 Å². The molecule has 1 saturated heterocycles. The molecule has 0 saturated carbocycles. The summed E-state index contributed by atoms with van der Waals surface area (Å²) in [5.74, 6) is 0.622. The molecule has 2 rings (SSSR count). The maximum absolute atomic E-state index is 6.10. The fourth-order valence-electron chi connectivity index (χ4n) is 2.43. The van der Waals surface area contributed by atoms with Crippen molar-refractivity contribution in [1.82, 2.24) is 9.80 Å². The fourth-order valence-corrected chi connectivity index (χ4v) is 2.43. The molecule has 1 aliphatic heterocycles. The van der Waals surface area contributed by atoms with Gasteiger partial charge in [-0.25, -0.2) is 0 Å². The molecule has 0 aliphatic carbocycles. The molecule has 1 unspecified atom stereocenters. The van der Waals surface area contributed by atoms with Gasteiger partial charge in [-0.05, 0) is 26.6 Å². The standard InChI is InChI=1S/C16H26N4O.HI/c1-13-4-6-14(7-5-13)15(19(2)3)12-18-16(17)20-8-10-21-11-9-20;/h4-7,15H,8-12H2,1-3H3,(H2,17,18);1H. The molecule has 0 radical (unpaired) electrons. The van der Waals surface area contributed by atoms with Crippen LogP contribution in [0.3, 0.4) is 0 Å². The van der Waals surface area contributed by atoms with Crippen LogP contribution in [0.4, 0.5) is 0 Å². The molecule has 1 aromatic rings. The van der Waals surface area contributed by atoms with E-state index in [0.717, 1.165) is 26.3 Å². The van der Waals surface area contributed by atoms with E-state index < -0.39 is 0 Å². The number of nitrogens with zero attached hydrogens (tertiary/aromatic N) is 3. The van der Waals surface area contributed by atoms with E-state index in [1.165, 1.54) is 11.1 Å². The summed E-state index contributed by atoms with van der Waals surface area (Å²) in [6.07, 6.45) is 0. The highest BCUT2D eigenvalue weighted by molar-refractivity contribution is 14.0. The molecule has 1 atom stereocenters. The van der Waals surface area contributed by atoms with Gasteiger partial charge in [-0.2, -0.15) is 0 Å². The third kappa shape index (κ3) is 5.40. The number of aliphatic imine (C=N–C) groups is 1. The Labute approximate surface area is 150 Å². The number of aryl methyl sites for hydroxylation is 1. The van der Waals surface area contributed by atoms with Gasteiger partial charge < -0.3 is 20.3 Å². The summed E-state index contributed by atoms with van der Waals surface area (Å²) in [5.41, 5.74) is 8.64. The molecular formula is C16H27IN4O. The lowest BCUT2D eigenvalue weighted by Gasteiger charge is -2.29. The maximum atomic E-state index is 6.10. The summed E-state index contributed by atoms with van der Waals surface area (Å²) < 4.78 is 5.33. The summed E-state index contributed by atoms with van der Waals surface area (Å²) in [6.45, 7) is 5.87.